The van der Waals surface area contributed by atoms with Crippen LogP contribution in [-0.4, -0.2) is 19.8 Å². The average molecular weight is 271 g/mol. The first kappa shape index (κ1) is 16.1. The standard InChI is InChI=1S/C15H23F2NO/c1-4-18-13(7-6-10-19-5-2)14-12(16)9-8-11(3)15(14)17/h8-9,13,18H,4-7,10H2,1-3H3. The van der Waals surface area contributed by atoms with Crippen LogP contribution in [0.15, 0.2) is 12.1 Å². The fourth-order valence-corrected chi connectivity index (χ4v) is 2.13. The first-order chi connectivity index (χ1) is 9.11. The van der Waals surface area contributed by atoms with Gasteiger partial charge in [-0.3, -0.25) is 0 Å². The van der Waals surface area contributed by atoms with Crippen molar-refractivity contribution in [2.45, 2.75) is 39.7 Å². The molecule has 1 unspecified atom stereocenters. The van der Waals surface area contributed by atoms with Gasteiger partial charge < -0.3 is 10.1 Å². The number of rotatable bonds is 8. The summed E-state index contributed by atoms with van der Waals surface area (Å²) in [7, 11) is 0. The lowest BCUT2D eigenvalue weighted by molar-refractivity contribution is 0.140. The van der Waals surface area contributed by atoms with Gasteiger partial charge in [0.05, 0.1) is 0 Å². The quantitative estimate of drug-likeness (QED) is 0.727. The third kappa shape index (κ3) is 4.55. The van der Waals surface area contributed by atoms with Gasteiger partial charge in [0.2, 0.25) is 0 Å². The van der Waals surface area contributed by atoms with Gasteiger partial charge in [-0.15, -0.1) is 0 Å². The molecule has 0 amide bonds. The second-order valence-corrected chi connectivity index (χ2v) is 4.54. The van der Waals surface area contributed by atoms with E-state index >= 15 is 0 Å². The zero-order valence-corrected chi connectivity index (χ0v) is 11.9. The van der Waals surface area contributed by atoms with Crippen molar-refractivity contribution in [1.29, 1.82) is 0 Å². The Kier molecular flexibility index (Phi) is 6.95. The molecule has 1 atom stereocenters. The van der Waals surface area contributed by atoms with Crippen LogP contribution in [0.2, 0.25) is 0 Å². The molecule has 2 nitrogen and oxygen atoms in total. The van der Waals surface area contributed by atoms with E-state index < -0.39 is 11.6 Å². The average Bonchev–Trinajstić information content (AvgIpc) is 2.39. The first-order valence-corrected chi connectivity index (χ1v) is 6.87. The van der Waals surface area contributed by atoms with Crippen LogP contribution in [0.25, 0.3) is 0 Å². The lowest BCUT2D eigenvalue weighted by atomic mass is 9.98. The number of aryl methyl sites for hydroxylation is 1. The van der Waals surface area contributed by atoms with Crippen LogP contribution >= 0.6 is 0 Å². The van der Waals surface area contributed by atoms with Crippen molar-refractivity contribution >= 4 is 0 Å². The lowest BCUT2D eigenvalue weighted by Gasteiger charge is -2.20. The van der Waals surface area contributed by atoms with E-state index in [1.807, 2.05) is 13.8 Å². The van der Waals surface area contributed by atoms with Crippen LogP contribution in [0.5, 0.6) is 0 Å². The Morgan fingerprint density at radius 2 is 2.00 bits per heavy atom. The van der Waals surface area contributed by atoms with Crippen LogP contribution in [0.3, 0.4) is 0 Å². The summed E-state index contributed by atoms with van der Waals surface area (Å²) in [5.41, 5.74) is 0.627. The topological polar surface area (TPSA) is 21.3 Å². The highest BCUT2D eigenvalue weighted by atomic mass is 19.1. The summed E-state index contributed by atoms with van der Waals surface area (Å²) in [6.07, 6.45) is 1.43. The predicted molar refractivity (Wildman–Crippen MR) is 73.2 cm³/mol. The zero-order valence-electron chi connectivity index (χ0n) is 11.9. The fraction of sp³-hybridized carbons (Fsp3) is 0.600. The number of ether oxygens (including phenoxy) is 1. The number of halogens is 2. The van der Waals surface area contributed by atoms with E-state index in [0.29, 0.717) is 31.7 Å². The van der Waals surface area contributed by atoms with Crippen LogP contribution in [0.4, 0.5) is 8.78 Å². The fourth-order valence-electron chi connectivity index (χ4n) is 2.13. The predicted octanol–water partition coefficient (Wildman–Crippen LogP) is 3.74. The molecule has 19 heavy (non-hydrogen) atoms. The van der Waals surface area contributed by atoms with Crippen LogP contribution in [0.1, 0.15) is 43.9 Å². The van der Waals surface area contributed by atoms with Crippen molar-refractivity contribution in [3.05, 3.63) is 34.9 Å². The molecule has 0 bridgehead atoms. The van der Waals surface area contributed by atoms with Crippen molar-refractivity contribution in [2.24, 2.45) is 0 Å². The molecule has 0 radical (unpaired) electrons. The minimum atomic E-state index is -0.481. The Balaban J connectivity index is 2.83. The first-order valence-electron chi connectivity index (χ1n) is 6.87. The molecule has 1 aromatic carbocycles. The van der Waals surface area contributed by atoms with Crippen molar-refractivity contribution in [3.63, 3.8) is 0 Å². The molecule has 0 spiro atoms. The number of benzene rings is 1. The molecule has 0 aliphatic carbocycles. The number of nitrogens with one attached hydrogen (secondary N) is 1. The second-order valence-electron chi connectivity index (χ2n) is 4.54. The monoisotopic (exact) mass is 271 g/mol. The molecule has 0 aliphatic rings. The minimum absolute atomic E-state index is 0.151. The molecule has 1 aromatic rings. The van der Waals surface area contributed by atoms with E-state index in [4.69, 9.17) is 4.74 Å². The third-order valence-corrected chi connectivity index (χ3v) is 3.10. The Hall–Kier alpha value is -1.00. The minimum Gasteiger partial charge on any atom is -0.382 e. The molecule has 0 fully saturated rings. The maximum atomic E-state index is 14.1. The van der Waals surface area contributed by atoms with Gasteiger partial charge in [0.25, 0.3) is 0 Å². The maximum Gasteiger partial charge on any atom is 0.133 e. The van der Waals surface area contributed by atoms with Crippen LogP contribution < -0.4 is 5.32 Å². The summed E-state index contributed by atoms with van der Waals surface area (Å²) in [5, 5.41) is 3.15. The number of hydrogen-bond acceptors (Lipinski definition) is 2. The van der Waals surface area contributed by atoms with Gasteiger partial charge in [0, 0.05) is 24.8 Å². The summed E-state index contributed by atoms with van der Waals surface area (Å²) >= 11 is 0. The Morgan fingerprint density at radius 3 is 2.63 bits per heavy atom. The Bertz CT molecular complexity index is 396. The van der Waals surface area contributed by atoms with Gasteiger partial charge in [-0.05, 0) is 44.9 Å². The summed E-state index contributed by atoms with van der Waals surface area (Å²) in [6, 6.07) is 2.50. The van der Waals surface area contributed by atoms with Gasteiger partial charge in [-0.1, -0.05) is 13.0 Å². The summed E-state index contributed by atoms with van der Waals surface area (Å²) in [5.74, 6) is -0.923. The molecular weight excluding hydrogens is 248 g/mol. The second kappa shape index (κ2) is 8.23. The number of hydrogen-bond donors (Lipinski definition) is 1. The molecule has 1 N–H and O–H groups in total. The van der Waals surface area contributed by atoms with E-state index in [-0.39, 0.29) is 11.6 Å². The molecule has 0 heterocycles. The van der Waals surface area contributed by atoms with E-state index in [0.717, 1.165) is 6.42 Å². The highest BCUT2D eigenvalue weighted by Gasteiger charge is 2.20. The van der Waals surface area contributed by atoms with Crippen LogP contribution in [-0.2, 0) is 4.74 Å². The SMILES string of the molecule is CCNC(CCCOCC)c1c(F)ccc(C)c1F. The van der Waals surface area contributed by atoms with Gasteiger partial charge in [-0.25, -0.2) is 8.78 Å². The van der Waals surface area contributed by atoms with E-state index in [1.54, 1.807) is 6.92 Å². The smallest absolute Gasteiger partial charge is 0.133 e. The highest BCUT2D eigenvalue weighted by Crippen LogP contribution is 2.26. The van der Waals surface area contributed by atoms with Gasteiger partial charge in [-0.2, -0.15) is 0 Å². The van der Waals surface area contributed by atoms with Crippen molar-refractivity contribution < 1.29 is 13.5 Å². The van der Waals surface area contributed by atoms with E-state index in [2.05, 4.69) is 5.32 Å². The molecule has 1 rings (SSSR count). The van der Waals surface area contributed by atoms with E-state index in [9.17, 15) is 8.78 Å². The molecule has 4 heteroatoms. The van der Waals surface area contributed by atoms with Crippen LogP contribution in [0, 0.1) is 18.6 Å². The third-order valence-electron chi connectivity index (χ3n) is 3.10. The lowest BCUT2D eigenvalue weighted by Crippen LogP contribution is -2.24. The van der Waals surface area contributed by atoms with Crippen molar-refractivity contribution in [2.75, 3.05) is 19.8 Å². The van der Waals surface area contributed by atoms with Gasteiger partial charge in [0.15, 0.2) is 0 Å². The maximum absolute atomic E-state index is 14.1. The Labute approximate surface area is 114 Å². The molecular formula is C15H23F2NO. The Morgan fingerprint density at radius 1 is 1.26 bits per heavy atom. The molecule has 0 aromatic heterocycles. The summed E-state index contributed by atoms with van der Waals surface area (Å²) in [4.78, 5) is 0. The molecule has 108 valence electrons. The van der Waals surface area contributed by atoms with Crippen molar-refractivity contribution in [3.8, 4) is 0 Å². The summed E-state index contributed by atoms with van der Waals surface area (Å²) in [6.45, 7) is 7.48. The van der Waals surface area contributed by atoms with E-state index in [1.165, 1.54) is 12.1 Å². The normalized spacial score (nSPS) is 12.7. The zero-order chi connectivity index (χ0) is 14.3. The summed E-state index contributed by atoms with van der Waals surface area (Å²) < 4.78 is 33.2. The van der Waals surface area contributed by atoms with Gasteiger partial charge in [0.1, 0.15) is 11.6 Å². The van der Waals surface area contributed by atoms with Crippen molar-refractivity contribution in [1.82, 2.24) is 5.32 Å². The molecule has 0 saturated carbocycles. The largest absolute Gasteiger partial charge is 0.382 e. The molecule has 0 aliphatic heterocycles. The van der Waals surface area contributed by atoms with Gasteiger partial charge >= 0.3 is 0 Å². The molecule has 0 saturated heterocycles. The highest BCUT2D eigenvalue weighted by molar-refractivity contribution is 5.29.